The zero-order valence-corrected chi connectivity index (χ0v) is 17.4. The molecule has 1 amide bonds. The van der Waals surface area contributed by atoms with Gasteiger partial charge in [-0.3, -0.25) is 14.5 Å². The summed E-state index contributed by atoms with van der Waals surface area (Å²) < 4.78 is 29.8. The first-order valence-electron chi connectivity index (χ1n) is 9.67. The number of pyridine rings is 1. The van der Waals surface area contributed by atoms with Gasteiger partial charge in [0.05, 0.1) is 26.2 Å². The summed E-state index contributed by atoms with van der Waals surface area (Å²) in [5.74, 6) is 0.126. The molecule has 0 fully saturated rings. The summed E-state index contributed by atoms with van der Waals surface area (Å²) in [6.07, 6.45) is 1.56. The van der Waals surface area contributed by atoms with Crippen LogP contribution in [-0.2, 0) is 6.54 Å². The van der Waals surface area contributed by atoms with Crippen LogP contribution >= 0.6 is 0 Å². The van der Waals surface area contributed by atoms with Crippen LogP contribution in [0.2, 0.25) is 0 Å². The molecule has 2 aromatic heterocycles. The number of aromatic nitrogens is 1. The fourth-order valence-electron chi connectivity index (χ4n) is 3.30. The number of halogens is 1. The molecule has 4 aromatic rings. The standard InChI is InChI=1S/C24H19FN2O5/c1-30-20-8-6-15(11-21(20)31-2)14-27(23-5-3-4-10-26-23)24(29)22-13-18(28)17-12-16(25)7-9-19(17)32-22/h3-13H,14H2,1-2H3. The summed E-state index contributed by atoms with van der Waals surface area (Å²) >= 11 is 0. The Morgan fingerprint density at radius 3 is 2.56 bits per heavy atom. The minimum atomic E-state index is -0.568. The van der Waals surface area contributed by atoms with Gasteiger partial charge in [0.25, 0.3) is 5.91 Å². The van der Waals surface area contributed by atoms with E-state index in [1.807, 2.05) is 0 Å². The number of rotatable bonds is 6. The number of hydrogen-bond acceptors (Lipinski definition) is 6. The van der Waals surface area contributed by atoms with E-state index >= 15 is 0 Å². The third-order valence-electron chi connectivity index (χ3n) is 4.86. The van der Waals surface area contributed by atoms with Crippen LogP contribution in [0.4, 0.5) is 10.2 Å². The predicted molar refractivity (Wildman–Crippen MR) is 117 cm³/mol. The normalized spacial score (nSPS) is 10.7. The molecule has 0 atom stereocenters. The number of amides is 1. The van der Waals surface area contributed by atoms with E-state index in [9.17, 15) is 14.0 Å². The first-order valence-corrected chi connectivity index (χ1v) is 9.67. The zero-order valence-electron chi connectivity index (χ0n) is 17.4. The highest BCUT2D eigenvalue weighted by Gasteiger charge is 2.23. The Hall–Kier alpha value is -4.20. The smallest absolute Gasteiger partial charge is 0.295 e. The second-order valence-electron chi connectivity index (χ2n) is 6.88. The van der Waals surface area contributed by atoms with Crippen molar-refractivity contribution in [3.05, 3.63) is 94.2 Å². The number of hydrogen-bond donors (Lipinski definition) is 0. The lowest BCUT2D eigenvalue weighted by Gasteiger charge is -2.22. The van der Waals surface area contributed by atoms with Crippen molar-refractivity contribution < 1.29 is 23.1 Å². The SMILES string of the molecule is COc1ccc(CN(C(=O)c2cc(=O)c3cc(F)ccc3o2)c2ccccn2)cc1OC. The van der Waals surface area contributed by atoms with E-state index in [1.165, 1.54) is 31.3 Å². The fourth-order valence-corrected chi connectivity index (χ4v) is 3.30. The Kier molecular flexibility index (Phi) is 5.85. The molecule has 2 heterocycles. The second-order valence-corrected chi connectivity index (χ2v) is 6.88. The molecule has 0 saturated heterocycles. The maximum absolute atomic E-state index is 13.5. The molecular weight excluding hydrogens is 415 g/mol. The number of carbonyl (C=O) groups is 1. The Morgan fingerprint density at radius 2 is 1.84 bits per heavy atom. The van der Waals surface area contributed by atoms with E-state index in [4.69, 9.17) is 13.9 Å². The van der Waals surface area contributed by atoms with Gasteiger partial charge in [-0.15, -0.1) is 0 Å². The molecule has 0 aliphatic heterocycles. The largest absolute Gasteiger partial charge is 0.493 e. The molecule has 0 saturated carbocycles. The van der Waals surface area contributed by atoms with Crippen molar-refractivity contribution in [3.63, 3.8) is 0 Å². The Morgan fingerprint density at radius 1 is 1.03 bits per heavy atom. The molecule has 0 N–H and O–H groups in total. The summed E-state index contributed by atoms with van der Waals surface area (Å²) in [6.45, 7) is 0.126. The number of benzene rings is 2. The van der Waals surface area contributed by atoms with Crippen molar-refractivity contribution >= 4 is 22.7 Å². The lowest BCUT2D eigenvalue weighted by Crippen LogP contribution is -2.31. The van der Waals surface area contributed by atoms with Crippen LogP contribution in [0.3, 0.4) is 0 Å². The number of ether oxygens (including phenoxy) is 2. The van der Waals surface area contributed by atoms with E-state index in [2.05, 4.69) is 4.98 Å². The summed E-state index contributed by atoms with van der Waals surface area (Å²) in [5, 5.41) is 0.0610. The molecule has 162 valence electrons. The minimum absolute atomic E-state index is 0.0610. The molecule has 2 aromatic carbocycles. The molecule has 4 rings (SSSR count). The Bertz CT molecular complexity index is 1340. The van der Waals surface area contributed by atoms with E-state index in [1.54, 1.807) is 42.6 Å². The molecular formula is C24H19FN2O5. The Labute approximate surface area is 182 Å². The van der Waals surface area contributed by atoms with Gasteiger partial charge in [0.2, 0.25) is 0 Å². The van der Waals surface area contributed by atoms with Gasteiger partial charge in [0.1, 0.15) is 17.2 Å². The van der Waals surface area contributed by atoms with Crippen LogP contribution in [0, 0.1) is 5.82 Å². The van der Waals surface area contributed by atoms with E-state index in [0.29, 0.717) is 17.3 Å². The van der Waals surface area contributed by atoms with Gasteiger partial charge < -0.3 is 13.9 Å². The molecule has 0 aliphatic carbocycles. The summed E-state index contributed by atoms with van der Waals surface area (Å²) in [6, 6.07) is 15.1. The maximum atomic E-state index is 13.5. The van der Waals surface area contributed by atoms with Gasteiger partial charge in [-0.2, -0.15) is 0 Å². The quantitative estimate of drug-likeness (QED) is 0.453. The molecule has 0 radical (unpaired) electrons. The number of fused-ring (bicyclic) bond motifs is 1. The lowest BCUT2D eigenvalue weighted by molar-refractivity contribution is 0.0958. The van der Waals surface area contributed by atoms with Crippen LogP contribution in [0.25, 0.3) is 11.0 Å². The van der Waals surface area contributed by atoms with Crippen molar-refractivity contribution in [2.24, 2.45) is 0 Å². The highest BCUT2D eigenvalue weighted by Crippen LogP contribution is 2.29. The number of nitrogens with zero attached hydrogens (tertiary/aromatic N) is 2. The average Bonchev–Trinajstić information content (AvgIpc) is 2.82. The van der Waals surface area contributed by atoms with Crippen LogP contribution in [-0.4, -0.2) is 25.1 Å². The van der Waals surface area contributed by atoms with Crippen molar-refractivity contribution in [3.8, 4) is 11.5 Å². The van der Waals surface area contributed by atoms with Gasteiger partial charge in [-0.1, -0.05) is 12.1 Å². The Balaban J connectivity index is 1.76. The molecule has 0 unspecified atom stereocenters. The monoisotopic (exact) mass is 434 g/mol. The first-order chi connectivity index (χ1) is 15.5. The van der Waals surface area contributed by atoms with Crippen molar-refractivity contribution in [1.82, 2.24) is 4.98 Å². The van der Waals surface area contributed by atoms with Crippen LogP contribution in [0.5, 0.6) is 11.5 Å². The number of carbonyl (C=O) groups excluding carboxylic acids is 1. The van der Waals surface area contributed by atoms with Gasteiger partial charge in [0.15, 0.2) is 22.7 Å². The molecule has 0 aliphatic rings. The topological polar surface area (TPSA) is 81.9 Å². The van der Waals surface area contributed by atoms with Crippen LogP contribution in [0.1, 0.15) is 16.1 Å². The molecule has 0 bridgehead atoms. The molecule has 8 heteroatoms. The van der Waals surface area contributed by atoms with Gasteiger partial charge in [0, 0.05) is 12.3 Å². The van der Waals surface area contributed by atoms with Crippen molar-refractivity contribution in [2.75, 3.05) is 19.1 Å². The highest BCUT2D eigenvalue weighted by molar-refractivity contribution is 6.04. The van der Waals surface area contributed by atoms with E-state index in [0.717, 1.165) is 17.7 Å². The minimum Gasteiger partial charge on any atom is -0.493 e. The molecule has 32 heavy (non-hydrogen) atoms. The first kappa shape index (κ1) is 21.0. The summed E-state index contributed by atoms with van der Waals surface area (Å²) in [4.78, 5) is 31.6. The molecule has 0 spiro atoms. The summed E-state index contributed by atoms with van der Waals surface area (Å²) in [7, 11) is 3.06. The molecule has 7 nitrogen and oxygen atoms in total. The lowest BCUT2D eigenvalue weighted by atomic mass is 10.1. The maximum Gasteiger partial charge on any atom is 0.295 e. The number of anilines is 1. The zero-order chi connectivity index (χ0) is 22.7. The third kappa shape index (κ3) is 4.15. The second kappa shape index (κ2) is 8.89. The van der Waals surface area contributed by atoms with Gasteiger partial charge in [-0.25, -0.2) is 9.37 Å². The van der Waals surface area contributed by atoms with E-state index in [-0.39, 0.29) is 23.3 Å². The van der Waals surface area contributed by atoms with Crippen LogP contribution in [0.15, 0.2) is 76.1 Å². The van der Waals surface area contributed by atoms with Crippen molar-refractivity contribution in [1.29, 1.82) is 0 Å². The van der Waals surface area contributed by atoms with Gasteiger partial charge >= 0.3 is 0 Å². The number of methoxy groups -OCH3 is 2. The summed E-state index contributed by atoms with van der Waals surface area (Å²) in [5.41, 5.74) is 0.349. The predicted octanol–water partition coefficient (Wildman–Crippen LogP) is 4.19. The van der Waals surface area contributed by atoms with Crippen molar-refractivity contribution in [2.45, 2.75) is 6.54 Å². The highest BCUT2D eigenvalue weighted by atomic mass is 19.1. The van der Waals surface area contributed by atoms with E-state index < -0.39 is 17.2 Å². The fraction of sp³-hybridized carbons (Fsp3) is 0.125. The third-order valence-corrected chi connectivity index (χ3v) is 4.86. The van der Waals surface area contributed by atoms with Crippen LogP contribution < -0.4 is 19.8 Å². The van der Waals surface area contributed by atoms with Gasteiger partial charge in [-0.05, 0) is 48.0 Å². The average molecular weight is 434 g/mol.